The molecule has 2 rings (SSSR count). The summed E-state index contributed by atoms with van der Waals surface area (Å²) in [6.45, 7) is 5.64. The molecule has 1 saturated heterocycles. The van der Waals surface area contributed by atoms with Crippen molar-refractivity contribution in [1.82, 2.24) is 10.3 Å². The lowest BCUT2D eigenvalue weighted by molar-refractivity contribution is 0.177. The lowest BCUT2D eigenvalue weighted by Crippen LogP contribution is -2.15. The fourth-order valence-corrected chi connectivity index (χ4v) is 2.65. The lowest BCUT2D eigenvalue weighted by Gasteiger charge is -2.08. The van der Waals surface area contributed by atoms with Crippen LogP contribution in [0.15, 0.2) is 0 Å². The van der Waals surface area contributed by atoms with E-state index >= 15 is 0 Å². The fraction of sp³-hybridized carbons (Fsp3) is 0.667. The van der Waals surface area contributed by atoms with E-state index in [-0.39, 0.29) is 12.0 Å². The summed E-state index contributed by atoms with van der Waals surface area (Å²) in [5.41, 5.74) is 1.10. The maximum Gasteiger partial charge on any atom is 0.100 e. The zero-order valence-corrected chi connectivity index (χ0v) is 8.69. The van der Waals surface area contributed by atoms with Crippen LogP contribution in [0.25, 0.3) is 0 Å². The van der Waals surface area contributed by atoms with E-state index in [0.29, 0.717) is 6.54 Å². The first-order chi connectivity index (χ1) is 6.18. The second-order valence-corrected chi connectivity index (χ2v) is 4.76. The van der Waals surface area contributed by atoms with Crippen LogP contribution >= 0.6 is 11.3 Å². The largest absolute Gasteiger partial charge is 0.391 e. The molecule has 0 spiro atoms. The molecular formula is C9H14N2OS. The molecule has 13 heavy (non-hydrogen) atoms. The minimum atomic E-state index is -0.259. The van der Waals surface area contributed by atoms with Crippen LogP contribution in [-0.4, -0.2) is 29.3 Å². The van der Waals surface area contributed by atoms with Crippen molar-refractivity contribution in [2.75, 3.05) is 13.1 Å². The summed E-state index contributed by atoms with van der Waals surface area (Å²) in [7, 11) is 0. The van der Waals surface area contributed by atoms with E-state index in [4.69, 9.17) is 0 Å². The van der Waals surface area contributed by atoms with E-state index in [2.05, 4.69) is 17.2 Å². The van der Waals surface area contributed by atoms with Gasteiger partial charge < -0.3 is 10.4 Å². The molecule has 0 aromatic carbocycles. The third kappa shape index (κ3) is 1.61. The third-order valence-corrected chi connectivity index (χ3v) is 3.75. The normalized spacial score (nSPS) is 28.2. The number of aliphatic hydroxyl groups excluding tert-OH is 1. The first-order valence-electron chi connectivity index (χ1n) is 4.51. The van der Waals surface area contributed by atoms with Gasteiger partial charge in [-0.3, -0.25) is 0 Å². The number of rotatable bonds is 1. The SMILES string of the molecule is Cc1nc([C@@H]2CNC[C@H]2O)sc1C. The summed E-state index contributed by atoms with van der Waals surface area (Å²) in [5, 5.41) is 13.9. The average Bonchev–Trinajstić information content (AvgIpc) is 2.60. The monoisotopic (exact) mass is 198 g/mol. The lowest BCUT2D eigenvalue weighted by atomic mass is 10.1. The summed E-state index contributed by atoms with van der Waals surface area (Å²) in [6.07, 6.45) is -0.259. The highest BCUT2D eigenvalue weighted by Crippen LogP contribution is 2.28. The van der Waals surface area contributed by atoms with Gasteiger partial charge >= 0.3 is 0 Å². The summed E-state index contributed by atoms with van der Waals surface area (Å²) >= 11 is 1.70. The van der Waals surface area contributed by atoms with Crippen molar-refractivity contribution in [3.05, 3.63) is 15.6 Å². The number of nitrogens with zero attached hydrogens (tertiary/aromatic N) is 1. The Morgan fingerprint density at radius 3 is 2.69 bits per heavy atom. The van der Waals surface area contributed by atoms with E-state index in [9.17, 15) is 5.11 Å². The van der Waals surface area contributed by atoms with Crippen LogP contribution in [0.2, 0.25) is 0 Å². The van der Waals surface area contributed by atoms with E-state index in [1.54, 1.807) is 11.3 Å². The Morgan fingerprint density at radius 2 is 2.23 bits per heavy atom. The van der Waals surface area contributed by atoms with Crippen molar-refractivity contribution < 1.29 is 5.11 Å². The van der Waals surface area contributed by atoms with Gasteiger partial charge in [-0.1, -0.05) is 0 Å². The van der Waals surface area contributed by atoms with Gasteiger partial charge in [0.05, 0.1) is 17.7 Å². The second kappa shape index (κ2) is 3.36. The average molecular weight is 198 g/mol. The van der Waals surface area contributed by atoms with Crippen LogP contribution in [0.4, 0.5) is 0 Å². The standard InChI is InChI=1S/C9H14N2OS/c1-5-6(2)13-9(11-5)7-3-10-4-8(7)12/h7-8,10,12H,3-4H2,1-2H3/t7-,8-/m1/s1. The van der Waals surface area contributed by atoms with Crippen molar-refractivity contribution >= 4 is 11.3 Å². The van der Waals surface area contributed by atoms with Crippen molar-refractivity contribution in [2.45, 2.75) is 25.9 Å². The van der Waals surface area contributed by atoms with Crippen LogP contribution < -0.4 is 5.32 Å². The molecular weight excluding hydrogens is 184 g/mol. The molecule has 0 amide bonds. The molecule has 1 aliphatic heterocycles. The predicted molar refractivity (Wildman–Crippen MR) is 53.2 cm³/mol. The van der Waals surface area contributed by atoms with Gasteiger partial charge in [0, 0.05) is 18.0 Å². The molecule has 0 saturated carbocycles. The number of β-amino-alcohol motifs (C(OH)–C–C–N with tert-alkyl or cyclic N) is 1. The van der Waals surface area contributed by atoms with Crippen LogP contribution in [-0.2, 0) is 0 Å². The molecule has 0 unspecified atom stereocenters. The minimum absolute atomic E-state index is 0.206. The van der Waals surface area contributed by atoms with Gasteiger partial charge in [0.15, 0.2) is 0 Å². The van der Waals surface area contributed by atoms with Crippen molar-refractivity contribution in [2.24, 2.45) is 0 Å². The number of nitrogens with one attached hydrogen (secondary N) is 1. The molecule has 1 aromatic rings. The fourth-order valence-electron chi connectivity index (χ4n) is 1.57. The number of aryl methyl sites for hydroxylation is 2. The molecule has 3 nitrogen and oxygen atoms in total. The zero-order chi connectivity index (χ0) is 9.42. The van der Waals surface area contributed by atoms with Crippen LogP contribution in [0.3, 0.4) is 0 Å². The van der Waals surface area contributed by atoms with E-state index in [1.165, 1.54) is 4.88 Å². The predicted octanol–water partition coefficient (Wildman–Crippen LogP) is 0.808. The number of aliphatic hydroxyl groups is 1. The maximum atomic E-state index is 9.65. The summed E-state index contributed by atoms with van der Waals surface area (Å²) < 4.78 is 0. The van der Waals surface area contributed by atoms with Gasteiger partial charge in [0.25, 0.3) is 0 Å². The highest BCUT2D eigenvalue weighted by Gasteiger charge is 2.29. The van der Waals surface area contributed by atoms with Gasteiger partial charge in [-0.15, -0.1) is 11.3 Å². The molecule has 1 aliphatic rings. The van der Waals surface area contributed by atoms with Crippen molar-refractivity contribution in [3.63, 3.8) is 0 Å². The third-order valence-electron chi connectivity index (χ3n) is 2.54. The summed E-state index contributed by atoms with van der Waals surface area (Å²) in [4.78, 5) is 5.72. The summed E-state index contributed by atoms with van der Waals surface area (Å²) in [5.74, 6) is 0.206. The van der Waals surface area contributed by atoms with E-state index in [1.807, 2.05) is 6.92 Å². The first-order valence-corrected chi connectivity index (χ1v) is 5.33. The Hall–Kier alpha value is -0.450. The van der Waals surface area contributed by atoms with Crippen LogP contribution in [0.5, 0.6) is 0 Å². The van der Waals surface area contributed by atoms with Crippen LogP contribution in [0.1, 0.15) is 21.5 Å². The Bertz CT molecular complexity index is 291. The molecule has 0 aliphatic carbocycles. The second-order valence-electron chi connectivity index (χ2n) is 3.53. The van der Waals surface area contributed by atoms with Gasteiger partial charge in [0.2, 0.25) is 0 Å². The van der Waals surface area contributed by atoms with Crippen molar-refractivity contribution in [3.8, 4) is 0 Å². The molecule has 4 heteroatoms. The zero-order valence-electron chi connectivity index (χ0n) is 7.87. The number of hydrogen-bond donors (Lipinski definition) is 2. The van der Waals surface area contributed by atoms with Gasteiger partial charge in [-0.2, -0.15) is 0 Å². The molecule has 72 valence electrons. The topological polar surface area (TPSA) is 45.2 Å². The quantitative estimate of drug-likeness (QED) is 0.702. The minimum Gasteiger partial charge on any atom is -0.391 e. The number of aromatic nitrogens is 1. The summed E-state index contributed by atoms with van der Waals surface area (Å²) in [6, 6.07) is 0. The maximum absolute atomic E-state index is 9.65. The molecule has 2 atom stereocenters. The van der Waals surface area contributed by atoms with Crippen molar-refractivity contribution in [1.29, 1.82) is 0 Å². The highest BCUT2D eigenvalue weighted by molar-refractivity contribution is 7.11. The van der Waals surface area contributed by atoms with Crippen LogP contribution in [0, 0.1) is 13.8 Å². The van der Waals surface area contributed by atoms with Gasteiger partial charge in [-0.05, 0) is 13.8 Å². The van der Waals surface area contributed by atoms with E-state index < -0.39 is 0 Å². The first kappa shape index (κ1) is 9.12. The Kier molecular flexibility index (Phi) is 2.36. The molecule has 2 heterocycles. The molecule has 0 bridgehead atoms. The Labute approximate surface area is 81.8 Å². The van der Waals surface area contributed by atoms with Gasteiger partial charge in [-0.25, -0.2) is 4.98 Å². The van der Waals surface area contributed by atoms with E-state index in [0.717, 1.165) is 17.2 Å². The van der Waals surface area contributed by atoms with Gasteiger partial charge in [0.1, 0.15) is 5.01 Å². The molecule has 2 N–H and O–H groups in total. The smallest absolute Gasteiger partial charge is 0.100 e. The molecule has 1 aromatic heterocycles. The number of thiazole rings is 1. The molecule has 1 fully saturated rings. The highest BCUT2D eigenvalue weighted by atomic mass is 32.1. The Morgan fingerprint density at radius 1 is 1.46 bits per heavy atom. The molecule has 0 radical (unpaired) electrons. The Balaban J connectivity index is 2.24. The number of hydrogen-bond acceptors (Lipinski definition) is 4.